The zero-order valence-corrected chi connectivity index (χ0v) is 10.9. The van der Waals surface area contributed by atoms with Gasteiger partial charge in [-0.2, -0.15) is 8.78 Å². The molecule has 0 heterocycles. The molecule has 0 atom stereocenters. The van der Waals surface area contributed by atoms with Gasteiger partial charge in [-0.25, -0.2) is 4.79 Å². The molecule has 0 unspecified atom stereocenters. The molecule has 0 aliphatic carbocycles. The van der Waals surface area contributed by atoms with E-state index in [-0.39, 0.29) is 22.6 Å². The van der Waals surface area contributed by atoms with Crippen molar-refractivity contribution in [3.8, 4) is 5.75 Å². The molecule has 0 fully saturated rings. The zero-order chi connectivity index (χ0) is 15.5. The lowest BCUT2D eigenvalue weighted by Crippen LogP contribution is -2.23. The third-order valence-corrected chi connectivity index (χ3v) is 2.86. The number of nitrogens with two attached hydrogens (primary N) is 1. The number of hydrogen-bond acceptors (Lipinski definition) is 3. The van der Waals surface area contributed by atoms with Crippen LogP contribution in [0.4, 0.5) is 14.5 Å². The van der Waals surface area contributed by atoms with Gasteiger partial charge in [0.05, 0.1) is 11.3 Å². The standard InChI is InChI=1S/C15H13F2NO3/c16-15(17,11-4-2-1-3-5-11)9-21-13-7-6-10(14(19)20)8-12(13)18/h1-8H,9,18H2,(H,19,20). The number of nitrogen functional groups attached to an aromatic ring is 1. The maximum Gasteiger partial charge on any atom is 0.335 e. The Balaban J connectivity index is 2.11. The third-order valence-electron chi connectivity index (χ3n) is 2.86. The first-order valence-electron chi connectivity index (χ1n) is 6.09. The van der Waals surface area contributed by atoms with Crippen molar-refractivity contribution >= 4 is 11.7 Å². The summed E-state index contributed by atoms with van der Waals surface area (Å²) in [5.74, 6) is -4.29. The van der Waals surface area contributed by atoms with E-state index >= 15 is 0 Å². The fraction of sp³-hybridized carbons (Fsp3) is 0.133. The number of aromatic carboxylic acids is 1. The summed E-state index contributed by atoms with van der Waals surface area (Å²) in [7, 11) is 0. The largest absolute Gasteiger partial charge is 0.485 e. The summed E-state index contributed by atoms with van der Waals surface area (Å²) in [6.45, 7) is -0.881. The van der Waals surface area contributed by atoms with Crippen molar-refractivity contribution in [1.29, 1.82) is 0 Å². The molecule has 3 N–H and O–H groups in total. The van der Waals surface area contributed by atoms with Crippen LogP contribution in [0.25, 0.3) is 0 Å². The van der Waals surface area contributed by atoms with Crippen LogP contribution in [0.5, 0.6) is 5.75 Å². The van der Waals surface area contributed by atoms with Crippen LogP contribution in [0.1, 0.15) is 15.9 Å². The smallest absolute Gasteiger partial charge is 0.335 e. The van der Waals surface area contributed by atoms with Crippen LogP contribution in [0.15, 0.2) is 48.5 Å². The van der Waals surface area contributed by atoms with E-state index in [0.29, 0.717) is 0 Å². The molecule has 0 aromatic heterocycles. The molecule has 6 heteroatoms. The first kappa shape index (κ1) is 14.8. The predicted octanol–water partition coefficient (Wildman–Crippen LogP) is 3.14. The lowest BCUT2D eigenvalue weighted by Gasteiger charge is -2.18. The van der Waals surface area contributed by atoms with E-state index in [9.17, 15) is 13.6 Å². The van der Waals surface area contributed by atoms with Crippen LogP contribution >= 0.6 is 0 Å². The highest BCUT2D eigenvalue weighted by Crippen LogP contribution is 2.30. The van der Waals surface area contributed by atoms with Crippen molar-refractivity contribution < 1.29 is 23.4 Å². The Labute approximate surface area is 119 Å². The van der Waals surface area contributed by atoms with Gasteiger partial charge in [0.2, 0.25) is 0 Å². The number of rotatable bonds is 5. The van der Waals surface area contributed by atoms with Crippen molar-refractivity contribution in [3.63, 3.8) is 0 Å². The van der Waals surface area contributed by atoms with E-state index in [1.54, 1.807) is 6.07 Å². The first-order valence-corrected chi connectivity index (χ1v) is 6.09. The summed E-state index contributed by atoms with van der Waals surface area (Å²) in [5, 5.41) is 8.79. The van der Waals surface area contributed by atoms with Gasteiger partial charge in [-0.15, -0.1) is 0 Å². The summed E-state index contributed by atoms with van der Waals surface area (Å²) in [6, 6.07) is 11.0. The number of benzene rings is 2. The second-order valence-electron chi connectivity index (χ2n) is 4.42. The Morgan fingerprint density at radius 1 is 1.19 bits per heavy atom. The number of carbonyl (C=O) groups is 1. The van der Waals surface area contributed by atoms with Gasteiger partial charge in [-0.05, 0) is 18.2 Å². The van der Waals surface area contributed by atoms with Gasteiger partial charge in [-0.3, -0.25) is 0 Å². The SMILES string of the molecule is Nc1cc(C(=O)O)ccc1OCC(F)(F)c1ccccc1. The molecule has 0 spiro atoms. The fourth-order valence-corrected chi connectivity index (χ4v) is 1.75. The number of anilines is 1. The minimum atomic E-state index is -3.17. The van der Waals surface area contributed by atoms with E-state index < -0.39 is 18.5 Å². The molecular weight excluding hydrogens is 280 g/mol. The topological polar surface area (TPSA) is 72.6 Å². The number of halogens is 2. The van der Waals surface area contributed by atoms with Crippen molar-refractivity contribution in [2.24, 2.45) is 0 Å². The van der Waals surface area contributed by atoms with E-state index in [1.807, 2.05) is 0 Å². The maximum atomic E-state index is 13.9. The minimum absolute atomic E-state index is 0.00115. The summed E-state index contributed by atoms with van der Waals surface area (Å²) in [5.41, 5.74) is 5.40. The molecule has 2 aromatic rings. The van der Waals surface area contributed by atoms with Crippen LogP contribution in [0.2, 0.25) is 0 Å². The van der Waals surface area contributed by atoms with Crippen LogP contribution in [0.3, 0.4) is 0 Å². The number of hydrogen-bond donors (Lipinski definition) is 2. The van der Waals surface area contributed by atoms with Gasteiger partial charge < -0.3 is 15.6 Å². The van der Waals surface area contributed by atoms with Crippen molar-refractivity contribution in [2.45, 2.75) is 5.92 Å². The number of ether oxygens (including phenoxy) is 1. The first-order chi connectivity index (χ1) is 9.90. The molecule has 21 heavy (non-hydrogen) atoms. The lowest BCUT2D eigenvalue weighted by atomic mass is 10.1. The Kier molecular flexibility index (Phi) is 4.07. The third kappa shape index (κ3) is 3.47. The van der Waals surface area contributed by atoms with Gasteiger partial charge in [-0.1, -0.05) is 30.3 Å². The summed E-state index contributed by atoms with van der Waals surface area (Å²) in [6.07, 6.45) is 0. The van der Waals surface area contributed by atoms with Crippen LogP contribution < -0.4 is 10.5 Å². The predicted molar refractivity (Wildman–Crippen MR) is 73.6 cm³/mol. The fourth-order valence-electron chi connectivity index (χ4n) is 1.75. The number of carboxylic acid groups (broad SMARTS) is 1. The van der Waals surface area contributed by atoms with Crippen molar-refractivity contribution in [3.05, 3.63) is 59.7 Å². The average molecular weight is 293 g/mol. The highest BCUT2D eigenvalue weighted by atomic mass is 19.3. The normalized spacial score (nSPS) is 11.1. The molecule has 0 saturated heterocycles. The highest BCUT2D eigenvalue weighted by molar-refractivity contribution is 5.89. The Morgan fingerprint density at radius 3 is 2.43 bits per heavy atom. The van der Waals surface area contributed by atoms with E-state index in [1.165, 1.54) is 42.5 Å². The van der Waals surface area contributed by atoms with E-state index in [0.717, 1.165) is 0 Å². The molecule has 2 rings (SSSR count). The lowest BCUT2D eigenvalue weighted by molar-refractivity contribution is -0.0465. The van der Waals surface area contributed by atoms with Crippen molar-refractivity contribution in [2.75, 3.05) is 12.3 Å². The molecule has 0 radical (unpaired) electrons. The van der Waals surface area contributed by atoms with Crippen LogP contribution in [0, 0.1) is 0 Å². The zero-order valence-electron chi connectivity index (χ0n) is 10.9. The molecule has 0 saturated carbocycles. The molecule has 0 aliphatic heterocycles. The maximum absolute atomic E-state index is 13.9. The van der Waals surface area contributed by atoms with Gasteiger partial charge >= 0.3 is 11.9 Å². The van der Waals surface area contributed by atoms with Crippen LogP contribution in [-0.2, 0) is 5.92 Å². The molecule has 0 amide bonds. The molecule has 4 nitrogen and oxygen atoms in total. The minimum Gasteiger partial charge on any atom is -0.485 e. The Hall–Kier alpha value is -2.63. The summed E-state index contributed by atoms with van der Waals surface area (Å²) < 4.78 is 32.9. The summed E-state index contributed by atoms with van der Waals surface area (Å²) in [4.78, 5) is 10.8. The average Bonchev–Trinajstić information content (AvgIpc) is 2.46. The van der Waals surface area contributed by atoms with Crippen molar-refractivity contribution in [1.82, 2.24) is 0 Å². The van der Waals surface area contributed by atoms with Gasteiger partial charge in [0, 0.05) is 5.56 Å². The Morgan fingerprint density at radius 2 is 1.86 bits per heavy atom. The highest BCUT2D eigenvalue weighted by Gasteiger charge is 2.32. The van der Waals surface area contributed by atoms with Crippen LogP contribution in [-0.4, -0.2) is 17.7 Å². The summed E-state index contributed by atoms with van der Waals surface area (Å²) >= 11 is 0. The van der Waals surface area contributed by atoms with Gasteiger partial charge in [0.1, 0.15) is 5.75 Å². The van der Waals surface area contributed by atoms with Gasteiger partial charge in [0.15, 0.2) is 6.61 Å². The van der Waals surface area contributed by atoms with E-state index in [4.69, 9.17) is 15.6 Å². The number of alkyl halides is 2. The van der Waals surface area contributed by atoms with E-state index in [2.05, 4.69) is 0 Å². The molecule has 0 bridgehead atoms. The van der Waals surface area contributed by atoms with Gasteiger partial charge in [0.25, 0.3) is 0 Å². The second-order valence-corrected chi connectivity index (χ2v) is 4.42. The molecule has 110 valence electrons. The molecule has 0 aliphatic rings. The number of carboxylic acids is 1. The molecular formula is C15H13F2NO3. The quantitative estimate of drug-likeness (QED) is 0.831. The monoisotopic (exact) mass is 293 g/mol. The second kappa shape index (κ2) is 5.78. The molecule has 2 aromatic carbocycles. The Bertz CT molecular complexity index is 645.